The van der Waals surface area contributed by atoms with Crippen molar-refractivity contribution in [3.05, 3.63) is 11.8 Å². The van der Waals surface area contributed by atoms with Gasteiger partial charge in [-0.1, -0.05) is 0 Å². The number of rotatable bonds is 4. The van der Waals surface area contributed by atoms with Gasteiger partial charge in [0.05, 0.1) is 6.61 Å². The van der Waals surface area contributed by atoms with Crippen LogP contribution < -0.4 is 5.73 Å². The van der Waals surface area contributed by atoms with Crippen LogP contribution in [0.15, 0.2) is 11.8 Å². The second kappa shape index (κ2) is 5.73. The monoisotopic (exact) mass is 159 g/mol. The van der Waals surface area contributed by atoms with E-state index in [0.717, 1.165) is 0 Å². The van der Waals surface area contributed by atoms with E-state index in [-0.39, 0.29) is 12.4 Å². The van der Waals surface area contributed by atoms with Crippen molar-refractivity contribution in [2.45, 2.75) is 13.3 Å². The van der Waals surface area contributed by atoms with Gasteiger partial charge in [-0.25, -0.2) is 4.79 Å². The first-order valence-electron chi connectivity index (χ1n) is 3.44. The number of carbonyl (C=O) groups is 1. The van der Waals surface area contributed by atoms with Crippen molar-refractivity contribution in [1.82, 2.24) is 0 Å². The standard InChI is InChI=1S/C7H13NO3/c1-2-6(9)7(10)11-5-3-4-8/h2,9H,3-5,8H2,1H3. The lowest BCUT2D eigenvalue weighted by Crippen LogP contribution is -2.11. The number of aliphatic hydroxyl groups is 1. The summed E-state index contributed by atoms with van der Waals surface area (Å²) in [5.74, 6) is -1.05. The molecule has 0 saturated carbocycles. The molecular formula is C7H13NO3. The molecule has 4 heteroatoms. The van der Waals surface area contributed by atoms with Crippen molar-refractivity contribution in [1.29, 1.82) is 0 Å². The molecule has 0 aromatic carbocycles. The zero-order valence-corrected chi connectivity index (χ0v) is 6.54. The first-order valence-corrected chi connectivity index (χ1v) is 3.44. The highest BCUT2D eigenvalue weighted by molar-refractivity contribution is 5.85. The summed E-state index contributed by atoms with van der Waals surface area (Å²) in [5, 5.41) is 8.78. The highest BCUT2D eigenvalue weighted by Gasteiger charge is 2.05. The van der Waals surface area contributed by atoms with Gasteiger partial charge in [-0.05, 0) is 26.0 Å². The van der Waals surface area contributed by atoms with Gasteiger partial charge in [-0.3, -0.25) is 0 Å². The number of ether oxygens (including phenoxy) is 1. The van der Waals surface area contributed by atoms with Crippen LogP contribution in [0.4, 0.5) is 0 Å². The fourth-order valence-corrected chi connectivity index (χ4v) is 0.440. The smallest absolute Gasteiger partial charge is 0.373 e. The van der Waals surface area contributed by atoms with Crippen molar-refractivity contribution < 1.29 is 14.6 Å². The molecule has 0 aromatic heterocycles. The molecule has 3 N–H and O–H groups in total. The van der Waals surface area contributed by atoms with Gasteiger partial charge in [0.1, 0.15) is 0 Å². The molecule has 0 fully saturated rings. The third-order valence-electron chi connectivity index (χ3n) is 1.06. The van der Waals surface area contributed by atoms with Gasteiger partial charge in [0.15, 0.2) is 5.76 Å². The number of carbonyl (C=O) groups excluding carboxylic acids is 1. The van der Waals surface area contributed by atoms with Crippen molar-refractivity contribution in [3.8, 4) is 0 Å². The molecule has 0 amide bonds. The predicted octanol–water partition coefficient (Wildman–Crippen LogP) is 0.340. The van der Waals surface area contributed by atoms with Crippen molar-refractivity contribution in [2.24, 2.45) is 5.73 Å². The van der Waals surface area contributed by atoms with E-state index >= 15 is 0 Å². The molecule has 0 saturated heterocycles. The summed E-state index contributed by atoms with van der Waals surface area (Å²) in [5.41, 5.74) is 5.15. The van der Waals surface area contributed by atoms with Crippen LogP contribution in [0.2, 0.25) is 0 Å². The van der Waals surface area contributed by atoms with Crippen molar-refractivity contribution in [2.75, 3.05) is 13.2 Å². The molecule has 11 heavy (non-hydrogen) atoms. The van der Waals surface area contributed by atoms with Crippen LogP contribution in [0, 0.1) is 0 Å². The Morgan fingerprint density at radius 3 is 2.82 bits per heavy atom. The Labute approximate surface area is 65.6 Å². The molecular weight excluding hydrogens is 146 g/mol. The van der Waals surface area contributed by atoms with E-state index in [4.69, 9.17) is 10.8 Å². The van der Waals surface area contributed by atoms with Crippen LogP contribution >= 0.6 is 0 Å². The van der Waals surface area contributed by atoms with Gasteiger partial charge in [-0.2, -0.15) is 0 Å². The Kier molecular flexibility index (Phi) is 5.20. The van der Waals surface area contributed by atoms with E-state index in [1.807, 2.05) is 0 Å². The summed E-state index contributed by atoms with van der Waals surface area (Å²) >= 11 is 0. The van der Waals surface area contributed by atoms with E-state index in [2.05, 4.69) is 4.74 Å². The van der Waals surface area contributed by atoms with Crippen LogP contribution in [-0.4, -0.2) is 24.2 Å². The Hall–Kier alpha value is -1.03. The molecule has 0 radical (unpaired) electrons. The quantitative estimate of drug-likeness (QED) is 0.268. The van der Waals surface area contributed by atoms with Crippen LogP contribution in [-0.2, 0) is 9.53 Å². The molecule has 0 heterocycles. The van der Waals surface area contributed by atoms with Gasteiger partial charge in [0, 0.05) is 0 Å². The maximum absolute atomic E-state index is 10.7. The zero-order chi connectivity index (χ0) is 8.69. The number of aliphatic hydroxyl groups excluding tert-OH is 1. The molecule has 0 bridgehead atoms. The summed E-state index contributed by atoms with van der Waals surface area (Å²) < 4.78 is 4.60. The van der Waals surface area contributed by atoms with E-state index in [9.17, 15) is 4.79 Å². The first-order chi connectivity index (χ1) is 5.22. The third kappa shape index (κ3) is 4.38. The summed E-state index contributed by atoms with van der Waals surface area (Å²) in [7, 11) is 0. The average molecular weight is 159 g/mol. The Bertz CT molecular complexity index is 154. The summed E-state index contributed by atoms with van der Waals surface area (Å²) in [6.45, 7) is 2.29. The molecule has 0 atom stereocenters. The molecule has 0 aromatic rings. The first kappa shape index (κ1) is 9.97. The van der Waals surface area contributed by atoms with Gasteiger partial charge < -0.3 is 15.6 Å². The average Bonchev–Trinajstić information content (AvgIpc) is 2.03. The summed E-state index contributed by atoms with van der Waals surface area (Å²) in [6, 6.07) is 0. The van der Waals surface area contributed by atoms with Crippen molar-refractivity contribution in [3.63, 3.8) is 0 Å². The normalized spacial score (nSPS) is 11.3. The van der Waals surface area contributed by atoms with Gasteiger partial charge >= 0.3 is 5.97 Å². The Morgan fingerprint density at radius 2 is 2.36 bits per heavy atom. The van der Waals surface area contributed by atoms with E-state index in [1.165, 1.54) is 6.08 Å². The van der Waals surface area contributed by atoms with E-state index in [1.54, 1.807) is 6.92 Å². The largest absolute Gasteiger partial charge is 0.502 e. The minimum atomic E-state index is -0.694. The highest BCUT2D eigenvalue weighted by Crippen LogP contribution is 1.92. The molecule has 0 spiro atoms. The number of allylic oxidation sites excluding steroid dienone is 1. The van der Waals surface area contributed by atoms with E-state index in [0.29, 0.717) is 13.0 Å². The van der Waals surface area contributed by atoms with Crippen LogP contribution in [0.25, 0.3) is 0 Å². The maximum atomic E-state index is 10.7. The molecule has 0 rings (SSSR count). The minimum Gasteiger partial charge on any atom is -0.502 e. The summed E-state index contributed by atoms with van der Waals surface area (Å²) in [4.78, 5) is 10.7. The fraction of sp³-hybridized carbons (Fsp3) is 0.571. The van der Waals surface area contributed by atoms with Gasteiger partial charge in [-0.15, -0.1) is 0 Å². The SMILES string of the molecule is CC=C(O)C(=O)OCCCN. The predicted molar refractivity (Wildman–Crippen MR) is 41.0 cm³/mol. The lowest BCUT2D eigenvalue weighted by Gasteiger charge is -2.01. The Morgan fingerprint density at radius 1 is 1.73 bits per heavy atom. The second-order valence-corrected chi connectivity index (χ2v) is 1.95. The molecule has 0 aliphatic heterocycles. The van der Waals surface area contributed by atoms with Gasteiger partial charge in [0.25, 0.3) is 0 Å². The molecule has 4 nitrogen and oxygen atoms in total. The maximum Gasteiger partial charge on any atom is 0.373 e. The molecule has 0 aliphatic carbocycles. The lowest BCUT2D eigenvalue weighted by atomic mass is 10.4. The molecule has 0 aliphatic rings. The number of hydrogen-bond donors (Lipinski definition) is 2. The van der Waals surface area contributed by atoms with Crippen molar-refractivity contribution >= 4 is 5.97 Å². The topological polar surface area (TPSA) is 72.5 Å². The minimum absolute atomic E-state index is 0.257. The summed E-state index contributed by atoms with van der Waals surface area (Å²) in [6.07, 6.45) is 1.90. The van der Waals surface area contributed by atoms with E-state index < -0.39 is 5.97 Å². The number of nitrogens with two attached hydrogens (primary N) is 1. The molecule has 0 unspecified atom stereocenters. The Balaban J connectivity index is 3.53. The van der Waals surface area contributed by atoms with Crippen LogP contribution in [0.1, 0.15) is 13.3 Å². The second-order valence-electron chi connectivity index (χ2n) is 1.95. The number of esters is 1. The highest BCUT2D eigenvalue weighted by atomic mass is 16.5. The zero-order valence-electron chi connectivity index (χ0n) is 6.54. The number of hydrogen-bond acceptors (Lipinski definition) is 4. The fourth-order valence-electron chi connectivity index (χ4n) is 0.440. The van der Waals surface area contributed by atoms with Crippen LogP contribution in [0.5, 0.6) is 0 Å². The third-order valence-corrected chi connectivity index (χ3v) is 1.06. The van der Waals surface area contributed by atoms with Gasteiger partial charge in [0.2, 0.25) is 0 Å². The molecule has 64 valence electrons. The van der Waals surface area contributed by atoms with Crippen LogP contribution in [0.3, 0.4) is 0 Å². The lowest BCUT2D eigenvalue weighted by molar-refractivity contribution is -0.142.